The second kappa shape index (κ2) is 9.00. The number of aryl methyl sites for hydroxylation is 1. The Morgan fingerprint density at radius 2 is 1.76 bits per heavy atom. The van der Waals surface area contributed by atoms with Gasteiger partial charge in [-0.3, -0.25) is 4.98 Å². The van der Waals surface area contributed by atoms with Gasteiger partial charge in [-0.2, -0.15) is 0 Å². The lowest BCUT2D eigenvalue weighted by atomic mass is 9.96. The van der Waals surface area contributed by atoms with Crippen LogP contribution in [0, 0.1) is 13.8 Å². The first-order valence-electron chi connectivity index (χ1n) is 11.0. The zero-order valence-electron chi connectivity index (χ0n) is 18.6. The molecule has 6 heteroatoms. The molecule has 2 atom stereocenters. The second-order valence-electron chi connectivity index (χ2n) is 8.38. The molecule has 0 radical (unpaired) electrons. The van der Waals surface area contributed by atoms with Crippen LogP contribution in [-0.2, 0) is 6.54 Å². The zero-order chi connectivity index (χ0) is 22.9. The molecule has 4 aromatic rings. The molecule has 33 heavy (non-hydrogen) atoms. The van der Waals surface area contributed by atoms with E-state index in [0.717, 1.165) is 33.8 Å². The molecule has 0 bridgehead atoms. The van der Waals surface area contributed by atoms with Crippen LogP contribution < -0.4 is 5.32 Å². The van der Waals surface area contributed by atoms with Gasteiger partial charge in [0.25, 0.3) is 0 Å². The van der Waals surface area contributed by atoms with E-state index in [4.69, 9.17) is 23.8 Å². The number of benzene rings is 2. The summed E-state index contributed by atoms with van der Waals surface area (Å²) in [5.41, 5.74) is 6.81. The maximum absolute atomic E-state index is 6.31. The SMILES string of the molecule is Cc1cc([C@@H]2[C@@H](c3ccccn3)NC(=S)N2Cc2ccccc2)c(C)n1-c1cccc(Cl)c1. The second-order valence-corrected chi connectivity index (χ2v) is 9.20. The van der Waals surface area contributed by atoms with E-state index in [0.29, 0.717) is 0 Å². The first-order valence-corrected chi connectivity index (χ1v) is 11.8. The van der Waals surface area contributed by atoms with E-state index in [2.05, 4.69) is 76.1 Å². The van der Waals surface area contributed by atoms with E-state index < -0.39 is 0 Å². The summed E-state index contributed by atoms with van der Waals surface area (Å²) < 4.78 is 2.26. The Balaban J connectivity index is 1.62. The van der Waals surface area contributed by atoms with Crippen LogP contribution in [0.2, 0.25) is 5.02 Å². The minimum Gasteiger partial charge on any atom is -0.352 e. The Bertz CT molecular complexity index is 1290. The molecule has 0 amide bonds. The van der Waals surface area contributed by atoms with Crippen molar-refractivity contribution >= 4 is 28.9 Å². The van der Waals surface area contributed by atoms with Crippen molar-refractivity contribution in [2.75, 3.05) is 0 Å². The predicted molar refractivity (Wildman–Crippen MR) is 138 cm³/mol. The molecular formula is C27H25ClN4S. The maximum atomic E-state index is 6.31. The van der Waals surface area contributed by atoms with Gasteiger partial charge in [0.2, 0.25) is 0 Å². The molecule has 0 saturated carbocycles. The van der Waals surface area contributed by atoms with Gasteiger partial charge in [-0.1, -0.05) is 54.1 Å². The standard InChI is InChI=1S/C27H25ClN4S/c1-18-15-23(19(2)32(18)22-12-8-11-21(28)16-22)26-25(24-13-6-7-14-29-24)30-27(33)31(26)17-20-9-4-3-5-10-20/h3-16,25-26H,17H2,1-2H3,(H,30,33)/t25-,26-/m1/s1. The minimum absolute atomic E-state index is 0.00624. The molecule has 1 aliphatic rings. The Hall–Kier alpha value is -3.15. The topological polar surface area (TPSA) is 33.1 Å². The number of nitrogens with one attached hydrogen (secondary N) is 1. The minimum atomic E-state index is -0.0456. The third-order valence-corrected chi connectivity index (χ3v) is 6.84. The van der Waals surface area contributed by atoms with Crippen molar-refractivity contribution < 1.29 is 0 Å². The highest BCUT2D eigenvalue weighted by Crippen LogP contribution is 2.42. The van der Waals surface area contributed by atoms with E-state index in [-0.39, 0.29) is 12.1 Å². The Morgan fingerprint density at radius 1 is 0.970 bits per heavy atom. The van der Waals surface area contributed by atoms with Gasteiger partial charge in [0.05, 0.1) is 17.8 Å². The summed E-state index contributed by atoms with van der Waals surface area (Å²) in [7, 11) is 0. The summed E-state index contributed by atoms with van der Waals surface area (Å²) >= 11 is 12.2. The van der Waals surface area contributed by atoms with Gasteiger partial charge in [-0.25, -0.2) is 0 Å². The van der Waals surface area contributed by atoms with Crippen LogP contribution >= 0.6 is 23.8 Å². The highest BCUT2D eigenvalue weighted by atomic mass is 35.5. The summed E-state index contributed by atoms with van der Waals surface area (Å²) in [4.78, 5) is 6.95. The van der Waals surface area contributed by atoms with Crippen molar-refractivity contribution in [1.82, 2.24) is 19.8 Å². The molecule has 0 unspecified atom stereocenters. The molecule has 166 valence electrons. The fraction of sp³-hybridized carbons (Fsp3) is 0.185. The molecule has 0 spiro atoms. The third kappa shape index (κ3) is 4.14. The van der Waals surface area contributed by atoms with Crippen molar-refractivity contribution in [3.63, 3.8) is 0 Å². The first-order chi connectivity index (χ1) is 16.0. The summed E-state index contributed by atoms with van der Waals surface area (Å²) in [6.45, 7) is 5.03. The van der Waals surface area contributed by atoms with E-state index in [1.165, 1.54) is 16.8 Å². The number of halogens is 1. The van der Waals surface area contributed by atoms with Crippen LogP contribution in [0.5, 0.6) is 0 Å². The van der Waals surface area contributed by atoms with E-state index in [1.54, 1.807) is 0 Å². The van der Waals surface area contributed by atoms with Gasteiger partial charge in [0, 0.05) is 34.8 Å². The van der Waals surface area contributed by atoms with Crippen LogP contribution in [0.25, 0.3) is 5.69 Å². The van der Waals surface area contributed by atoms with Crippen molar-refractivity contribution in [2.24, 2.45) is 0 Å². The molecule has 2 aromatic heterocycles. The van der Waals surface area contributed by atoms with E-state index >= 15 is 0 Å². The summed E-state index contributed by atoms with van der Waals surface area (Å²) in [5.74, 6) is 0. The average molecular weight is 473 g/mol. The van der Waals surface area contributed by atoms with Crippen molar-refractivity contribution in [2.45, 2.75) is 32.5 Å². The van der Waals surface area contributed by atoms with Crippen LogP contribution in [0.4, 0.5) is 0 Å². The lowest BCUT2D eigenvalue weighted by Crippen LogP contribution is -2.29. The molecule has 5 rings (SSSR count). The molecule has 1 aliphatic heterocycles. The van der Waals surface area contributed by atoms with Gasteiger partial charge in [-0.05, 0) is 73.6 Å². The highest BCUT2D eigenvalue weighted by Gasteiger charge is 2.41. The number of rotatable bonds is 5. The van der Waals surface area contributed by atoms with E-state index in [9.17, 15) is 0 Å². The van der Waals surface area contributed by atoms with Gasteiger partial charge in [0.15, 0.2) is 5.11 Å². The number of nitrogens with zero attached hydrogens (tertiary/aromatic N) is 3. The fourth-order valence-electron chi connectivity index (χ4n) is 4.79. The smallest absolute Gasteiger partial charge is 0.170 e. The van der Waals surface area contributed by atoms with Gasteiger partial charge in [-0.15, -0.1) is 0 Å². The lowest BCUT2D eigenvalue weighted by Gasteiger charge is -2.28. The van der Waals surface area contributed by atoms with Crippen molar-refractivity contribution in [3.05, 3.63) is 118 Å². The number of hydrogen-bond acceptors (Lipinski definition) is 2. The Morgan fingerprint density at radius 3 is 2.48 bits per heavy atom. The molecule has 1 fully saturated rings. The summed E-state index contributed by atoms with van der Waals surface area (Å²) in [6.07, 6.45) is 1.84. The molecule has 2 aromatic carbocycles. The fourth-order valence-corrected chi connectivity index (χ4v) is 5.28. The van der Waals surface area contributed by atoms with Crippen LogP contribution in [-0.4, -0.2) is 19.6 Å². The largest absolute Gasteiger partial charge is 0.352 e. The predicted octanol–water partition coefficient (Wildman–Crippen LogP) is 6.32. The van der Waals surface area contributed by atoms with Crippen LogP contribution in [0.3, 0.4) is 0 Å². The van der Waals surface area contributed by atoms with Crippen LogP contribution in [0.15, 0.2) is 85.1 Å². The van der Waals surface area contributed by atoms with Gasteiger partial charge < -0.3 is 14.8 Å². The molecular weight excluding hydrogens is 448 g/mol. The summed E-state index contributed by atoms with van der Waals surface area (Å²) in [6, 6.07) is 26.7. The molecule has 1 saturated heterocycles. The number of thiocarbonyl (C=S) groups is 1. The van der Waals surface area contributed by atoms with Gasteiger partial charge >= 0.3 is 0 Å². The number of aromatic nitrogens is 2. The summed E-state index contributed by atoms with van der Waals surface area (Å²) in [5, 5.41) is 5.03. The van der Waals surface area contributed by atoms with Crippen molar-refractivity contribution in [1.29, 1.82) is 0 Å². The zero-order valence-corrected chi connectivity index (χ0v) is 20.1. The van der Waals surface area contributed by atoms with Crippen molar-refractivity contribution in [3.8, 4) is 5.69 Å². The highest BCUT2D eigenvalue weighted by molar-refractivity contribution is 7.80. The molecule has 0 aliphatic carbocycles. The molecule has 4 nitrogen and oxygen atoms in total. The van der Waals surface area contributed by atoms with E-state index in [1.807, 2.05) is 42.6 Å². The average Bonchev–Trinajstić information content (AvgIpc) is 3.30. The molecule has 3 heterocycles. The first kappa shape index (κ1) is 21.7. The monoisotopic (exact) mass is 472 g/mol. The number of hydrogen-bond donors (Lipinski definition) is 1. The third-order valence-electron chi connectivity index (χ3n) is 6.25. The van der Waals surface area contributed by atoms with Gasteiger partial charge in [0.1, 0.15) is 0 Å². The maximum Gasteiger partial charge on any atom is 0.170 e. The quantitative estimate of drug-likeness (QED) is 0.345. The van der Waals surface area contributed by atoms with Crippen LogP contribution in [0.1, 0.15) is 40.3 Å². The molecule has 1 N–H and O–H groups in total. The Kier molecular flexibility index (Phi) is 5.92. The number of pyridine rings is 1. The normalized spacial score (nSPS) is 17.9. The Labute approximate surface area is 204 Å². The lowest BCUT2D eigenvalue weighted by molar-refractivity contribution is 0.310.